The van der Waals surface area contributed by atoms with Gasteiger partial charge >= 0.3 is 5.97 Å². The monoisotopic (exact) mass is 372 g/mol. The van der Waals surface area contributed by atoms with E-state index in [1.165, 1.54) is 19.2 Å². The number of benzene rings is 2. The first kappa shape index (κ1) is 19.7. The SMILES string of the molecule is COC(=O)Cc1cccc(C#CCCOS(=O)(=O)c2ccc(C)cc2)c1. The standard InChI is InChI=1S/C20H20O5S/c1-16-9-11-19(12-10-16)26(22,23)25-13-4-3-6-17-7-5-8-18(14-17)15-20(21)24-2/h5,7-12,14H,4,13,15H2,1-2H3. The second-order valence-electron chi connectivity index (χ2n) is 5.59. The summed E-state index contributed by atoms with van der Waals surface area (Å²) in [4.78, 5) is 11.4. The molecule has 0 amide bonds. The van der Waals surface area contributed by atoms with Crippen molar-refractivity contribution >= 4 is 16.1 Å². The lowest BCUT2D eigenvalue weighted by atomic mass is 10.1. The molecule has 2 aromatic rings. The van der Waals surface area contributed by atoms with Crippen molar-refractivity contribution in [3.8, 4) is 11.8 Å². The third-order valence-corrected chi connectivity index (χ3v) is 4.84. The van der Waals surface area contributed by atoms with Gasteiger partial charge in [-0.05, 0) is 36.8 Å². The van der Waals surface area contributed by atoms with Crippen LogP contribution in [-0.2, 0) is 30.3 Å². The van der Waals surface area contributed by atoms with Gasteiger partial charge in [-0.2, -0.15) is 8.42 Å². The van der Waals surface area contributed by atoms with E-state index in [4.69, 9.17) is 4.18 Å². The highest BCUT2D eigenvalue weighted by Crippen LogP contribution is 2.13. The van der Waals surface area contributed by atoms with Gasteiger partial charge in [-0.15, -0.1) is 0 Å². The number of aryl methyl sites for hydroxylation is 1. The summed E-state index contributed by atoms with van der Waals surface area (Å²) in [5, 5.41) is 0. The molecule has 0 aliphatic rings. The molecule has 0 saturated carbocycles. The number of hydrogen-bond acceptors (Lipinski definition) is 5. The zero-order chi connectivity index (χ0) is 19.0. The highest BCUT2D eigenvalue weighted by atomic mass is 32.2. The third-order valence-electron chi connectivity index (χ3n) is 3.51. The molecule has 0 aliphatic carbocycles. The zero-order valence-electron chi connectivity index (χ0n) is 14.7. The van der Waals surface area contributed by atoms with E-state index >= 15 is 0 Å². The topological polar surface area (TPSA) is 69.7 Å². The molecule has 0 atom stereocenters. The Kier molecular flexibility index (Phi) is 6.96. The van der Waals surface area contributed by atoms with E-state index in [2.05, 4.69) is 16.6 Å². The molecular weight excluding hydrogens is 352 g/mol. The molecule has 0 aliphatic heterocycles. The number of carbonyl (C=O) groups is 1. The molecule has 0 N–H and O–H groups in total. The quantitative estimate of drug-likeness (QED) is 0.338. The van der Waals surface area contributed by atoms with Gasteiger partial charge in [0.2, 0.25) is 0 Å². The van der Waals surface area contributed by atoms with Crippen molar-refractivity contribution in [1.82, 2.24) is 0 Å². The molecule has 0 spiro atoms. The van der Waals surface area contributed by atoms with Crippen molar-refractivity contribution in [2.75, 3.05) is 13.7 Å². The number of esters is 1. The van der Waals surface area contributed by atoms with Crippen molar-refractivity contribution in [2.45, 2.75) is 24.7 Å². The molecule has 2 rings (SSSR count). The van der Waals surface area contributed by atoms with Gasteiger partial charge in [0.25, 0.3) is 10.1 Å². The Morgan fingerprint density at radius 3 is 2.54 bits per heavy atom. The molecule has 5 nitrogen and oxygen atoms in total. The first-order valence-electron chi connectivity index (χ1n) is 8.01. The normalized spacial score (nSPS) is 10.7. The summed E-state index contributed by atoms with van der Waals surface area (Å²) in [6, 6.07) is 13.7. The van der Waals surface area contributed by atoms with Gasteiger partial charge in [0.1, 0.15) is 0 Å². The van der Waals surface area contributed by atoms with Crippen LogP contribution in [0.15, 0.2) is 53.4 Å². The molecular formula is C20H20O5S. The summed E-state index contributed by atoms with van der Waals surface area (Å²) in [6.45, 7) is 1.86. The fourth-order valence-electron chi connectivity index (χ4n) is 2.14. The van der Waals surface area contributed by atoms with Crippen molar-refractivity contribution in [1.29, 1.82) is 0 Å². The summed E-state index contributed by atoms with van der Waals surface area (Å²) in [6.07, 6.45) is 0.455. The minimum absolute atomic E-state index is 0.0228. The maximum absolute atomic E-state index is 12.0. The van der Waals surface area contributed by atoms with Gasteiger partial charge in [-0.1, -0.05) is 41.7 Å². The maximum Gasteiger partial charge on any atom is 0.309 e. The predicted octanol–water partition coefficient (Wildman–Crippen LogP) is 2.86. The number of rotatable bonds is 6. The lowest BCUT2D eigenvalue weighted by Crippen LogP contribution is -2.07. The van der Waals surface area contributed by atoms with Gasteiger partial charge in [0.15, 0.2) is 0 Å². The Morgan fingerprint density at radius 1 is 1.12 bits per heavy atom. The minimum Gasteiger partial charge on any atom is -0.469 e. The van der Waals surface area contributed by atoms with Crippen molar-refractivity contribution in [3.63, 3.8) is 0 Å². The molecule has 0 bridgehead atoms. The average Bonchev–Trinajstić information content (AvgIpc) is 2.62. The van der Waals surface area contributed by atoms with Crippen molar-refractivity contribution < 1.29 is 22.1 Å². The molecule has 6 heteroatoms. The first-order valence-corrected chi connectivity index (χ1v) is 9.42. The molecule has 0 saturated heterocycles. The Labute approximate surface area is 154 Å². The Bertz CT molecular complexity index is 919. The van der Waals surface area contributed by atoms with Crippen LogP contribution in [0, 0.1) is 18.8 Å². The van der Waals surface area contributed by atoms with Crippen LogP contribution in [0.1, 0.15) is 23.1 Å². The molecule has 26 heavy (non-hydrogen) atoms. The summed E-state index contributed by atoms with van der Waals surface area (Å²) in [5.41, 5.74) is 2.53. The van der Waals surface area contributed by atoms with E-state index in [-0.39, 0.29) is 30.3 Å². The Hall–Kier alpha value is -2.62. The highest BCUT2D eigenvalue weighted by molar-refractivity contribution is 7.86. The second-order valence-corrected chi connectivity index (χ2v) is 7.21. The van der Waals surface area contributed by atoms with E-state index in [1.54, 1.807) is 24.3 Å². The number of carbonyl (C=O) groups excluding carboxylic acids is 1. The smallest absolute Gasteiger partial charge is 0.309 e. The second kappa shape index (κ2) is 9.18. The number of hydrogen-bond donors (Lipinski definition) is 0. The van der Waals surface area contributed by atoms with Gasteiger partial charge in [0.05, 0.1) is 25.0 Å². The van der Waals surface area contributed by atoms with E-state index in [9.17, 15) is 13.2 Å². The maximum atomic E-state index is 12.0. The van der Waals surface area contributed by atoms with Gasteiger partial charge in [-0.25, -0.2) is 0 Å². The van der Waals surface area contributed by atoms with Crippen LogP contribution in [0.3, 0.4) is 0 Å². The number of methoxy groups -OCH3 is 1. The Morgan fingerprint density at radius 2 is 1.85 bits per heavy atom. The summed E-state index contributed by atoms with van der Waals surface area (Å²) < 4.78 is 33.7. The fourth-order valence-corrected chi connectivity index (χ4v) is 3.05. The molecule has 0 fully saturated rings. The van der Waals surface area contributed by atoms with Crippen LogP contribution in [0.5, 0.6) is 0 Å². The van der Waals surface area contributed by atoms with Crippen LogP contribution >= 0.6 is 0 Å². The first-order chi connectivity index (χ1) is 12.4. The van der Waals surface area contributed by atoms with Crippen LogP contribution in [-0.4, -0.2) is 28.1 Å². The zero-order valence-corrected chi connectivity index (χ0v) is 15.5. The van der Waals surface area contributed by atoms with Gasteiger partial charge < -0.3 is 4.74 Å². The van der Waals surface area contributed by atoms with Gasteiger partial charge in [0, 0.05) is 12.0 Å². The van der Waals surface area contributed by atoms with Crippen molar-refractivity contribution in [2.24, 2.45) is 0 Å². The highest BCUT2D eigenvalue weighted by Gasteiger charge is 2.13. The molecule has 2 aromatic carbocycles. The van der Waals surface area contributed by atoms with E-state index in [0.717, 1.165) is 16.7 Å². The minimum atomic E-state index is -3.76. The fraction of sp³-hybridized carbons (Fsp3) is 0.250. The molecule has 0 unspecified atom stereocenters. The molecule has 0 heterocycles. The largest absolute Gasteiger partial charge is 0.469 e. The van der Waals surface area contributed by atoms with E-state index in [1.807, 2.05) is 19.1 Å². The van der Waals surface area contributed by atoms with Crippen LogP contribution in [0.4, 0.5) is 0 Å². The average molecular weight is 372 g/mol. The van der Waals surface area contributed by atoms with Gasteiger partial charge in [-0.3, -0.25) is 8.98 Å². The third kappa shape index (κ3) is 6.03. The summed E-state index contributed by atoms with van der Waals surface area (Å²) in [7, 11) is -2.42. The van der Waals surface area contributed by atoms with Crippen LogP contribution in [0.25, 0.3) is 0 Å². The summed E-state index contributed by atoms with van der Waals surface area (Å²) >= 11 is 0. The summed E-state index contributed by atoms with van der Waals surface area (Å²) in [5.74, 6) is 5.49. The van der Waals surface area contributed by atoms with Crippen LogP contribution < -0.4 is 0 Å². The van der Waals surface area contributed by atoms with E-state index in [0.29, 0.717) is 0 Å². The molecule has 136 valence electrons. The predicted molar refractivity (Wildman–Crippen MR) is 98.0 cm³/mol. The molecule has 0 aromatic heterocycles. The Balaban J connectivity index is 1.90. The van der Waals surface area contributed by atoms with Crippen molar-refractivity contribution in [3.05, 3.63) is 65.2 Å². The van der Waals surface area contributed by atoms with Crippen LogP contribution in [0.2, 0.25) is 0 Å². The van der Waals surface area contributed by atoms with E-state index < -0.39 is 10.1 Å². The number of ether oxygens (including phenoxy) is 1. The lowest BCUT2D eigenvalue weighted by Gasteiger charge is -2.04. The molecule has 0 radical (unpaired) electrons. The lowest BCUT2D eigenvalue weighted by molar-refractivity contribution is -0.139.